The fourth-order valence-electron chi connectivity index (χ4n) is 1.82. The van der Waals surface area contributed by atoms with Crippen molar-refractivity contribution < 1.29 is 14.3 Å². The van der Waals surface area contributed by atoms with Crippen molar-refractivity contribution in [3.05, 3.63) is 42.5 Å². The zero-order chi connectivity index (χ0) is 13.1. The molecule has 1 aromatic carbocycles. The monoisotopic (exact) mass is 244 g/mol. The van der Waals surface area contributed by atoms with Crippen molar-refractivity contribution in [1.29, 1.82) is 0 Å². The van der Waals surface area contributed by atoms with Crippen LogP contribution in [0.5, 0.6) is 0 Å². The van der Waals surface area contributed by atoms with Crippen LogP contribution in [0.3, 0.4) is 0 Å². The van der Waals surface area contributed by atoms with Gasteiger partial charge in [-0.15, -0.1) is 6.58 Å². The maximum atomic E-state index is 12.1. The Bertz CT molecular complexity index is 549. The van der Waals surface area contributed by atoms with Crippen LogP contribution in [0.15, 0.2) is 41.9 Å². The number of carbonyl (C=O) groups is 2. The number of hydrogen-bond acceptors (Lipinski definition) is 3. The molecule has 1 aromatic rings. The summed E-state index contributed by atoms with van der Waals surface area (Å²) >= 11 is 0. The molecule has 0 unspecified atom stereocenters. The molecule has 5 nitrogen and oxygen atoms in total. The minimum atomic E-state index is -0.784. The Labute approximate surface area is 104 Å². The largest absolute Gasteiger partial charge is 0.451 e. The molecule has 0 saturated carbocycles. The molecule has 2 amide bonds. The topological polar surface area (TPSA) is 59.0 Å². The molecular formula is C13H12N2O3. The van der Waals surface area contributed by atoms with Gasteiger partial charge < -0.3 is 9.64 Å². The number of methoxy groups -OCH3 is 1. The van der Waals surface area contributed by atoms with Crippen molar-refractivity contribution in [2.24, 2.45) is 4.99 Å². The van der Waals surface area contributed by atoms with Crippen molar-refractivity contribution in [1.82, 2.24) is 0 Å². The molecule has 0 fully saturated rings. The Morgan fingerprint density at radius 2 is 2.22 bits per heavy atom. The summed E-state index contributed by atoms with van der Waals surface area (Å²) in [6.45, 7) is 3.98. The molecule has 0 spiro atoms. The number of amides is 2. The van der Waals surface area contributed by atoms with E-state index in [4.69, 9.17) is 0 Å². The third-order valence-electron chi connectivity index (χ3n) is 2.59. The second-order valence-corrected chi connectivity index (χ2v) is 3.65. The molecule has 0 saturated heterocycles. The van der Waals surface area contributed by atoms with Crippen molar-refractivity contribution in [2.75, 3.05) is 18.6 Å². The van der Waals surface area contributed by atoms with Crippen LogP contribution in [-0.2, 0) is 9.53 Å². The summed E-state index contributed by atoms with van der Waals surface area (Å²) < 4.78 is 4.45. The molecule has 92 valence electrons. The third-order valence-corrected chi connectivity index (χ3v) is 2.59. The summed E-state index contributed by atoms with van der Waals surface area (Å²) in [5, 5.41) is 0. The van der Waals surface area contributed by atoms with Crippen molar-refractivity contribution in [2.45, 2.75) is 0 Å². The number of benzene rings is 1. The van der Waals surface area contributed by atoms with Crippen LogP contribution in [0.4, 0.5) is 10.5 Å². The van der Waals surface area contributed by atoms with E-state index in [1.807, 2.05) is 6.07 Å². The standard InChI is InChI=1S/C13H12N2O3/c1-3-8-15-10-7-5-4-6-9(10)11(12(15)16)14-13(17)18-2/h3-7H,1,8H2,2H3/b14-11+. The Morgan fingerprint density at radius 1 is 1.50 bits per heavy atom. The Morgan fingerprint density at radius 3 is 2.89 bits per heavy atom. The number of para-hydroxylation sites is 1. The minimum absolute atomic E-state index is 0.110. The number of nitrogens with zero attached hydrogens (tertiary/aromatic N) is 2. The van der Waals surface area contributed by atoms with E-state index in [9.17, 15) is 9.59 Å². The normalized spacial score (nSPS) is 15.7. The van der Waals surface area contributed by atoms with Gasteiger partial charge in [-0.05, 0) is 6.07 Å². The van der Waals surface area contributed by atoms with E-state index in [1.54, 1.807) is 24.3 Å². The van der Waals surface area contributed by atoms with Crippen LogP contribution in [0, 0.1) is 0 Å². The highest BCUT2D eigenvalue weighted by Crippen LogP contribution is 2.28. The van der Waals surface area contributed by atoms with E-state index < -0.39 is 6.09 Å². The van der Waals surface area contributed by atoms with Crippen LogP contribution < -0.4 is 4.90 Å². The van der Waals surface area contributed by atoms with Gasteiger partial charge >= 0.3 is 6.09 Å². The first-order valence-corrected chi connectivity index (χ1v) is 5.38. The van der Waals surface area contributed by atoms with E-state index in [-0.39, 0.29) is 11.6 Å². The number of rotatable bonds is 2. The van der Waals surface area contributed by atoms with E-state index in [1.165, 1.54) is 12.0 Å². The second-order valence-electron chi connectivity index (χ2n) is 3.65. The lowest BCUT2D eigenvalue weighted by molar-refractivity contribution is -0.112. The quantitative estimate of drug-likeness (QED) is 0.745. The van der Waals surface area contributed by atoms with Crippen LogP contribution in [0.1, 0.15) is 5.56 Å². The lowest BCUT2D eigenvalue weighted by Gasteiger charge is -2.13. The van der Waals surface area contributed by atoms with Gasteiger partial charge in [-0.3, -0.25) is 4.79 Å². The number of anilines is 1. The molecule has 0 atom stereocenters. The number of ether oxygens (including phenoxy) is 1. The van der Waals surface area contributed by atoms with Crippen molar-refractivity contribution in [3.63, 3.8) is 0 Å². The maximum absolute atomic E-state index is 12.1. The molecule has 1 aliphatic heterocycles. The molecule has 5 heteroatoms. The first kappa shape index (κ1) is 12.0. The van der Waals surface area contributed by atoms with Gasteiger partial charge in [-0.2, -0.15) is 4.99 Å². The number of hydrogen-bond donors (Lipinski definition) is 0. The summed E-state index contributed by atoms with van der Waals surface area (Å²) in [5.41, 5.74) is 1.47. The van der Waals surface area contributed by atoms with Gasteiger partial charge in [-0.1, -0.05) is 24.3 Å². The summed E-state index contributed by atoms with van der Waals surface area (Å²) in [5.74, 6) is -0.318. The van der Waals surface area contributed by atoms with Crippen molar-refractivity contribution >= 4 is 23.4 Å². The highest BCUT2D eigenvalue weighted by molar-refractivity contribution is 6.55. The van der Waals surface area contributed by atoms with E-state index in [2.05, 4.69) is 16.3 Å². The fourth-order valence-corrected chi connectivity index (χ4v) is 1.82. The number of fused-ring (bicyclic) bond motifs is 1. The molecular weight excluding hydrogens is 232 g/mol. The highest BCUT2D eigenvalue weighted by atomic mass is 16.5. The maximum Gasteiger partial charge on any atom is 0.434 e. The highest BCUT2D eigenvalue weighted by Gasteiger charge is 2.33. The molecule has 0 N–H and O–H groups in total. The summed E-state index contributed by atoms with van der Waals surface area (Å²) in [6, 6.07) is 7.16. The molecule has 2 rings (SSSR count). The molecule has 0 aliphatic carbocycles. The van der Waals surface area contributed by atoms with Gasteiger partial charge in [0.05, 0.1) is 12.8 Å². The predicted molar refractivity (Wildman–Crippen MR) is 67.9 cm³/mol. The van der Waals surface area contributed by atoms with Gasteiger partial charge in [0.1, 0.15) is 5.71 Å². The molecule has 1 heterocycles. The van der Waals surface area contributed by atoms with Gasteiger partial charge in [-0.25, -0.2) is 4.79 Å². The summed E-state index contributed by atoms with van der Waals surface area (Å²) in [6.07, 6.45) is 0.837. The zero-order valence-electron chi connectivity index (χ0n) is 9.92. The molecule has 0 radical (unpaired) electrons. The average molecular weight is 244 g/mol. The third kappa shape index (κ3) is 1.90. The van der Waals surface area contributed by atoms with Crippen LogP contribution in [0.25, 0.3) is 0 Å². The Hall–Kier alpha value is -2.43. The Balaban J connectivity index is 2.51. The summed E-state index contributed by atoms with van der Waals surface area (Å²) in [4.78, 5) is 28.5. The molecule has 18 heavy (non-hydrogen) atoms. The lowest BCUT2D eigenvalue weighted by atomic mass is 10.1. The SMILES string of the molecule is C=CCN1C(=O)/C(=N/C(=O)OC)c2ccccc21. The van der Waals surface area contributed by atoms with Crippen LogP contribution >= 0.6 is 0 Å². The first-order chi connectivity index (χ1) is 8.69. The fraction of sp³-hybridized carbons (Fsp3) is 0.154. The second kappa shape index (κ2) is 4.83. The van der Waals surface area contributed by atoms with Gasteiger partial charge in [0.25, 0.3) is 5.91 Å². The molecule has 0 aromatic heterocycles. The average Bonchev–Trinajstić information content (AvgIpc) is 2.65. The van der Waals surface area contributed by atoms with Gasteiger partial charge in [0.15, 0.2) is 0 Å². The number of carbonyl (C=O) groups excluding carboxylic acids is 2. The first-order valence-electron chi connectivity index (χ1n) is 5.38. The van der Waals surface area contributed by atoms with Crippen LogP contribution in [-0.4, -0.2) is 31.4 Å². The van der Waals surface area contributed by atoms with Gasteiger partial charge in [0.2, 0.25) is 0 Å². The lowest BCUT2D eigenvalue weighted by Crippen LogP contribution is -2.30. The zero-order valence-corrected chi connectivity index (χ0v) is 9.92. The summed E-state index contributed by atoms with van der Waals surface area (Å²) in [7, 11) is 1.22. The molecule has 0 bridgehead atoms. The Kier molecular flexibility index (Phi) is 3.23. The van der Waals surface area contributed by atoms with Gasteiger partial charge in [0, 0.05) is 12.1 Å². The van der Waals surface area contributed by atoms with Crippen molar-refractivity contribution in [3.8, 4) is 0 Å². The van der Waals surface area contributed by atoms with Crippen LogP contribution in [0.2, 0.25) is 0 Å². The van der Waals surface area contributed by atoms with E-state index >= 15 is 0 Å². The predicted octanol–water partition coefficient (Wildman–Crippen LogP) is 1.77. The van der Waals surface area contributed by atoms with E-state index in [0.29, 0.717) is 12.1 Å². The minimum Gasteiger partial charge on any atom is -0.451 e. The smallest absolute Gasteiger partial charge is 0.434 e. The van der Waals surface area contributed by atoms with E-state index in [0.717, 1.165) is 5.69 Å². The molecule has 1 aliphatic rings. The number of aliphatic imine (C=N–C) groups is 1.